The zero-order valence-electron chi connectivity index (χ0n) is 21.3. The van der Waals surface area contributed by atoms with Crippen molar-refractivity contribution in [3.63, 3.8) is 0 Å². The predicted molar refractivity (Wildman–Crippen MR) is 133 cm³/mol. The van der Waals surface area contributed by atoms with E-state index in [4.69, 9.17) is 5.26 Å². The SMILES string of the molecule is C=[C-]COC.CCC(C)=[C-]c1cc(C(=O)N2CCC(c3ccc(C#N)cc3)CC2)ccc1C.[K+]. The maximum absolute atomic E-state index is 13.0. The fourth-order valence-corrected chi connectivity index (χ4v) is 3.74. The third kappa shape index (κ3) is 9.26. The number of methoxy groups -OCH3 is 1. The van der Waals surface area contributed by atoms with Crippen molar-refractivity contribution in [3.8, 4) is 6.07 Å². The van der Waals surface area contributed by atoms with Crippen LogP contribution in [0.5, 0.6) is 0 Å². The normalized spacial score (nSPS) is 13.7. The molecule has 0 aromatic heterocycles. The minimum absolute atomic E-state index is 0. The molecule has 5 heteroatoms. The van der Waals surface area contributed by atoms with Crippen LogP contribution in [0.1, 0.15) is 71.6 Å². The standard InChI is InChI=1S/C25H27N2O.C4H7O.K/c1-4-18(2)15-24-16-23(8-5-19(24)3)25(28)27-13-11-22(12-14-27)21-9-6-20(17-26)7-10-21;1-3-4-5-2;/h5-10,16,22H,4,11-14H2,1-3H3;1,4H2,2H3;/q2*-1;+1. The summed E-state index contributed by atoms with van der Waals surface area (Å²) in [4.78, 5) is 15.0. The van der Waals surface area contributed by atoms with Crippen molar-refractivity contribution in [2.24, 2.45) is 0 Å². The molecule has 1 saturated heterocycles. The monoisotopic (exact) mass is 481 g/mol. The second-order valence-corrected chi connectivity index (χ2v) is 8.27. The summed E-state index contributed by atoms with van der Waals surface area (Å²) in [6.45, 7) is 11.6. The molecule has 4 nitrogen and oxygen atoms in total. The Kier molecular flexibility index (Phi) is 14.5. The van der Waals surface area contributed by atoms with E-state index in [0.29, 0.717) is 18.1 Å². The van der Waals surface area contributed by atoms with E-state index in [1.165, 1.54) is 11.1 Å². The molecule has 1 aliphatic rings. The molecule has 0 radical (unpaired) electrons. The first-order chi connectivity index (χ1) is 15.9. The number of allylic oxidation sites excluding steroid dienone is 1. The predicted octanol–water partition coefficient (Wildman–Crippen LogP) is 3.02. The van der Waals surface area contributed by atoms with Crippen LogP contribution in [-0.2, 0) is 4.74 Å². The zero-order chi connectivity index (χ0) is 24.2. The molecule has 0 bridgehead atoms. The molecule has 1 heterocycles. The molecule has 3 rings (SSSR count). The van der Waals surface area contributed by atoms with Crippen molar-refractivity contribution < 1.29 is 60.9 Å². The number of piperidine rings is 1. The van der Waals surface area contributed by atoms with Crippen molar-refractivity contribution in [2.75, 3.05) is 26.8 Å². The van der Waals surface area contributed by atoms with Crippen LogP contribution in [0.4, 0.5) is 0 Å². The van der Waals surface area contributed by atoms with Gasteiger partial charge in [-0.05, 0) is 48.4 Å². The van der Waals surface area contributed by atoms with Crippen LogP contribution in [-0.4, -0.2) is 37.6 Å². The fraction of sp³-hybridized carbons (Fsp3) is 0.379. The van der Waals surface area contributed by atoms with Crippen LogP contribution in [0.2, 0.25) is 0 Å². The van der Waals surface area contributed by atoms with E-state index in [1.807, 2.05) is 47.4 Å². The van der Waals surface area contributed by atoms with Gasteiger partial charge in [0.2, 0.25) is 5.91 Å². The van der Waals surface area contributed by atoms with Crippen LogP contribution >= 0.6 is 0 Å². The molecule has 0 atom stereocenters. The number of nitriles is 1. The summed E-state index contributed by atoms with van der Waals surface area (Å²) in [5.41, 5.74) is 6.04. The molecule has 0 N–H and O–H groups in total. The number of hydrogen-bond acceptors (Lipinski definition) is 3. The minimum Gasteiger partial charge on any atom is -0.477 e. The molecule has 0 unspecified atom stereocenters. The topological polar surface area (TPSA) is 53.3 Å². The number of carbonyl (C=O) groups is 1. The van der Waals surface area contributed by atoms with Gasteiger partial charge in [-0.1, -0.05) is 45.6 Å². The Labute approximate surface area is 248 Å². The summed E-state index contributed by atoms with van der Waals surface area (Å²) < 4.78 is 4.52. The van der Waals surface area contributed by atoms with E-state index in [-0.39, 0.29) is 57.3 Å². The third-order valence-corrected chi connectivity index (χ3v) is 5.90. The maximum atomic E-state index is 13.0. The molecule has 0 aliphatic carbocycles. The average molecular weight is 482 g/mol. The number of benzene rings is 2. The Balaban J connectivity index is 0.000000873. The smallest absolute Gasteiger partial charge is 0.477 e. The molecule has 2 aromatic carbocycles. The molecular weight excluding hydrogens is 447 g/mol. The number of aryl methyl sites for hydroxylation is 1. The average Bonchev–Trinajstić information content (AvgIpc) is 2.86. The number of likely N-dealkylation sites (tertiary alicyclic amines) is 1. The second kappa shape index (κ2) is 16.2. The van der Waals surface area contributed by atoms with Gasteiger partial charge in [-0.2, -0.15) is 28.5 Å². The first-order valence-corrected chi connectivity index (χ1v) is 11.4. The molecular formula is C29H34KN2O2-. The van der Waals surface area contributed by atoms with Crippen LogP contribution < -0.4 is 51.4 Å². The van der Waals surface area contributed by atoms with Gasteiger partial charge in [0.25, 0.3) is 0 Å². The summed E-state index contributed by atoms with van der Waals surface area (Å²) in [6.07, 6.45) is 8.83. The Morgan fingerprint density at radius 3 is 2.35 bits per heavy atom. The molecule has 34 heavy (non-hydrogen) atoms. The van der Waals surface area contributed by atoms with Crippen molar-refractivity contribution in [2.45, 2.75) is 46.0 Å². The quantitative estimate of drug-likeness (QED) is 0.471. The van der Waals surface area contributed by atoms with Crippen molar-refractivity contribution in [1.82, 2.24) is 4.90 Å². The number of nitrogens with zero attached hydrogens (tertiary/aromatic N) is 2. The molecule has 1 fully saturated rings. The second-order valence-electron chi connectivity index (χ2n) is 8.27. The summed E-state index contributed by atoms with van der Waals surface area (Å²) in [5, 5.41) is 8.94. The molecule has 1 amide bonds. The van der Waals surface area contributed by atoms with E-state index in [1.54, 1.807) is 7.11 Å². The van der Waals surface area contributed by atoms with Gasteiger partial charge in [-0.25, -0.2) is 0 Å². The summed E-state index contributed by atoms with van der Waals surface area (Å²) in [6, 6.07) is 15.9. The number of carbonyl (C=O) groups excluding carboxylic acids is 1. The molecule has 0 spiro atoms. The third-order valence-electron chi connectivity index (χ3n) is 5.90. The number of amides is 1. The van der Waals surface area contributed by atoms with Gasteiger partial charge >= 0.3 is 51.4 Å². The zero-order valence-corrected chi connectivity index (χ0v) is 24.4. The summed E-state index contributed by atoms with van der Waals surface area (Å²) >= 11 is 0. The van der Waals surface area contributed by atoms with Crippen LogP contribution in [0, 0.1) is 30.4 Å². The van der Waals surface area contributed by atoms with Gasteiger partial charge in [-0.3, -0.25) is 11.4 Å². The van der Waals surface area contributed by atoms with Crippen molar-refractivity contribution >= 4 is 5.91 Å². The Morgan fingerprint density at radius 1 is 1.21 bits per heavy atom. The van der Waals surface area contributed by atoms with Gasteiger partial charge < -0.3 is 15.7 Å². The van der Waals surface area contributed by atoms with E-state index < -0.39 is 0 Å². The number of rotatable bonds is 6. The van der Waals surface area contributed by atoms with E-state index in [9.17, 15) is 4.79 Å². The van der Waals surface area contributed by atoms with Gasteiger partial charge in [0.1, 0.15) is 0 Å². The first-order valence-electron chi connectivity index (χ1n) is 11.4. The van der Waals surface area contributed by atoms with Gasteiger partial charge in [0.05, 0.1) is 11.6 Å². The van der Waals surface area contributed by atoms with Crippen molar-refractivity contribution in [3.05, 3.63) is 94.6 Å². The Hall–Kier alpha value is -1.52. The fourth-order valence-electron chi connectivity index (χ4n) is 3.74. The first kappa shape index (κ1) is 30.5. The van der Waals surface area contributed by atoms with Gasteiger partial charge in [0, 0.05) is 20.2 Å². The van der Waals surface area contributed by atoms with Crippen molar-refractivity contribution in [1.29, 1.82) is 5.26 Å². The molecule has 2 aromatic rings. The minimum atomic E-state index is 0. The van der Waals surface area contributed by atoms with E-state index in [0.717, 1.165) is 49.0 Å². The van der Waals surface area contributed by atoms with Crippen LogP contribution in [0.15, 0.2) is 54.6 Å². The largest absolute Gasteiger partial charge is 1.00 e. The number of ether oxygens (including phenoxy) is 1. The van der Waals surface area contributed by atoms with Crippen LogP contribution in [0.3, 0.4) is 0 Å². The number of hydrogen-bond donors (Lipinski definition) is 0. The molecule has 174 valence electrons. The molecule has 0 saturated carbocycles. The van der Waals surface area contributed by atoms with Gasteiger partial charge in [-0.15, -0.1) is 11.6 Å². The maximum Gasteiger partial charge on any atom is 1.00 e. The molecule has 1 aliphatic heterocycles. The van der Waals surface area contributed by atoms with Crippen LogP contribution in [0.25, 0.3) is 0 Å². The summed E-state index contributed by atoms with van der Waals surface area (Å²) in [7, 11) is 1.61. The Morgan fingerprint density at radius 2 is 1.85 bits per heavy atom. The Bertz CT molecular complexity index is 998. The van der Waals surface area contributed by atoms with E-state index in [2.05, 4.69) is 50.3 Å². The van der Waals surface area contributed by atoms with E-state index >= 15 is 0 Å². The van der Waals surface area contributed by atoms with Gasteiger partial charge in [0.15, 0.2) is 0 Å². The summed E-state index contributed by atoms with van der Waals surface area (Å²) in [5.74, 6) is 0.560.